The maximum Gasteiger partial charge on any atom is 0.257 e. The number of nitrogens with zero attached hydrogens (tertiary/aromatic N) is 1. The molecular formula is C36H49NO4. The Morgan fingerprint density at radius 2 is 1.83 bits per heavy atom. The molecule has 222 valence electrons. The maximum absolute atomic E-state index is 13.5. The van der Waals surface area contributed by atoms with Crippen molar-refractivity contribution in [2.45, 2.75) is 78.1 Å². The van der Waals surface area contributed by atoms with Crippen molar-refractivity contribution in [2.75, 3.05) is 27.3 Å². The second-order valence-corrected chi connectivity index (χ2v) is 11.6. The molecule has 4 rings (SSSR count). The van der Waals surface area contributed by atoms with E-state index < -0.39 is 0 Å². The number of ether oxygens (including phenoxy) is 2. The number of methoxy groups -OCH3 is 2. The van der Waals surface area contributed by atoms with Crippen LogP contribution in [0.3, 0.4) is 0 Å². The molecular weight excluding hydrogens is 510 g/mol. The first-order valence-electron chi connectivity index (χ1n) is 15.4. The number of hydrogen-bond donors (Lipinski definition) is 0. The van der Waals surface area contributed by atoms with Crippen LogP contribution in [0.15, 0.2) is 65.8 Å². The summed E-state index contributed by atoms with van der Waals surface area (Å²) in [6.07, 6.45) is 12.2. The van der Waals surface area contributed by atoms with Crippen LogP contribution in [0.5, 0.6) is 11.5 Å². The molecule has 5 heteroatoms. The number of hydrogen-bond acceptors (Lipinski definition) is 4. The Kier molecular flexibility index (Phi) is 10.8. The van der Waals surface area contributed by atoms with E-state index in [-0.39, 0.29) is 13.3 Å². The molecule has 1 heterocycles. The molecule has 2 atom stereocenters. The van der Waals surface area contributed by atoms with E-state index in [9.17, 15) is 9.59 Å². The molecule has 0 bridgehead atoms. The number of piperidine rings is 1. The highest BCUT2D eigenvalue weighted by molar-refractivity contribution is 5.97. The molecule has 2 aromatic carbocycles. The number of amides is 1. The Labute approximate surface area is 248 Å². The number of ketones is 1. The van der Waals surface area contributed by atoms with Crippen molar-refractivity contribution in [1.82, 2.24) is 4.90 Å². The second kappa shape index (κ2) is 14.5. The van der Waals surface area contributed by atoms with E-state index in [0.717, 1.165) is 37.7 Å². The Balaban J connectivity index is 0.00000484. The van der Waals surface area contributed by atoms with Gasteiger partial charge in [0.15, 0.2) is 5.78 Å². The average molecular weight is 560 g/mol. The van der Waals surface area contributed by atoms with Crippen molar-refractivity contribution in [3.63, 3.8) is 0 Å². The number of carbonyl (C=O) groups excluding carboxylic acids is 2. The van der Waals surface area contributed by atoms with Gasteiger partial charge in [-0.3, -0.25) is 9.59 Å². The molecule has 0 spiro atoms. The van der Waals surface area contributed by atoms with Crippen LogP contribution in [0, 0.1) is 11.8 Å². The predicted octanol–water partition coefficient (Wildman–Crippen LogP) is 8.19. The minimum Gasteiger partial charge on any atom is -0.497 e. The van der Waals surface area contributed by atoms with Gasteiger partial charge >= 0.3 is 0 Å². The summed E-state index contributed by atoms with van der Waals surface area (Å²) in [5, 5.41) is 0. The Hall–Kier alpha value is -3.34. The van der Waals surface area contributed by atoms with Gasteiger partial charge in [0.05, 0.1) is 19.8 Å². The zero-order valence-corrected chi connectivity index (χ0v) is 25.6. The third kappa shape index (κ3) is 7.49. The molecule has 0 saturated carbocycles. The van der Waals surface area contributed by atoms with E-state index in [1.54, 1.807) is 32.4 Å². The molecule has 2 aliphatic rings. The van der Waals surface area contributed by atoms with Crippen LogP contribution >= 0.6 is 0 Å². The van der Waals surface area contributed by atoms with E-state index in [1.165, 1.54) is 29.5 Å². The number of carbonyl (C=O) groups is 2. The fourth-order valence-corrected chi connectivity index (χ4v) is 6.68. The third-order valence-electron chi connectivity index (χ3n) is 9.03. The third-order valence-corrected chi connectivity index (χ3v) is 9.03. The standard InChI is InChI=1S/C36H47NO4.H2/c1-6-10-31(34(38)18-15-29-13-9-12-28-11-7-8-14-32(28)29)26(3)23-25(2)27-19-21-37(22-20-27)36(39)33-17-16-30(40-4)24-35(33)41-5;/h7-8,10-11,14,16-17,23-24,26-27,29H,6,9,12-13,15,18-22H2,1-5H3;1H/b25-23-,31-10+;. The molecule has 1 saturated heterocycles. The van der Waals surface area contributed by atoms with E-state index in [1.807, 2.05) is 4.90 Å². The highest BCUT2D eigenvalue weighted by Crippen LogP contribution is 2.36. The van der Waals surface area contributed by atoms with Crippen LogP contribution in [0.25, 0.3) is 0 Å². The largest absolute Gasteiger partial charge is 0.497 e. The summed E-state index contributed by atoms with van der Waals surface area (Å²) in [6.45, 7) is 7.87. The summed E-state index contributed by atoms with van der Waals surface area (Å²) in [4.78, 5) is 28.7. The van der Waals surface area contributed by atoms with Crippen LogP contribution in [0.2, 0.25) is 0 Å². The normalized spacial score (nSPS) is 19.0. The summed E-state index contributed by atoms with van der Waals surface area (Å²) in [5.74, 6) is 2.48. The Morgan fingerprint density at radius 1 is 1.07 bits per heavy atom. The lowest BCUT2D eigenvalue weighted by atomic mass is 9.79. The number of fused-ring (bicyclic) bond motifs is 1. The quantitative estimate of drug-likeness (QED) is 0.206. The Bertz CT molecular complexity index is 1270. The molecule has 2 unspecified atom stereocenters. The van der Waals surface area contributed by atoms with Gasteiger partial charge < -0.3 is 14.4 Å². The molecule has 0 N–H and O–H groups in total. The van der Waals surface area contributed by atoms with Gasteiger partial charge in [-0.2, -0.15) is 0 Å². The van der Waals surface area contributed by atoms with E-state index in [2.05, 4.69) is 57.2 Å². The van der Waals surface area contributed by atoms with Crippen LogP contribution in [-0.2, 0) is 11.2 Å². The van der Waals surface area contributed by atoms with Gasteiger partial charge in [0, 0.05) is 32.9 Å². The summed E-state index contributed by atoms with van der Waals surface area (Å²) in [5.41, 5.74) is 5.75. The summed E-state index contributed by atoms with van der Waals surface area (Å²) >= 11 is 0. The zero-order valence-electron chi connectivity index (χ0n) is 25.6. The number of aryl methyl sites for hydroxylation is 1. The second-order valence-electron chi connectivity index (χ2n) is 11.6. The number of likely N-dealkylation sites (tertiary alicyclic amines) is 1. The van der Waals surface area contributed by atoms with Gasteiger partial charge in [-0.1, -0.05) is 55.8 Å². The van der Waals surface area contributed by atoms with Gasteiger partial charge in [0.2, 0.25) is 0 Å². The predicted molar refractivity (Wildman–Crippen MR) is 168 cm³/mol. The van der Waals surface area contributed by atoms with Crippen LogP contribution in [-0.4, -0.2) is 43.9 Å². The van der Waals surface area contributed by atoms with Crippen LogP contribution < -0.4 is 9.47 Å². The maximum atomic E-state index is 13.5. The molecule has 5 nitrogen and oxygen atoms in total. The summed E-state index contributed by atoms with van der Waals surface area (Å²) in [6, 6.07) is 14.1. The fraction of sp³-hybridized carbons (Fsp3) is 0.500. The van der Waals surface area contributed by atoms with E-state index in [0.29, 0.717) is 54.2 Å². The van der Waals surface area contributed by atoms with Gasteiger partial charge in [-0.05, 0) is 92.5 Å². The molecule has 1 aliphatic carbocycles. The smallest absolute Gasteiger partial charge is 0.257 e. The monoisotopic (exact) mass is 559 g/mol. The fourth-order valence-electron chi connectivity index (χ4n) is 6.68. The molecule has 41 heavy (non-hydrogen) atoms. The van der Waals surface area contributed by atoms with Gasteiger partial charge in [-0.25, -0.2) is 0 Å². The van der Waals surface area contributed by atoms with E-state index in [4.69, 9.17) is 9.47 Å². The number of benzene rings is 2. The van der Waals surface area contributed by atoms with Crippen LogP contribution in [0.4, 0.5) is 0 Å². The molecule has 1 amide bonds. The first kappa shape index (κ1) is 30.6. The topological polar surface area (TPSA) is 55.8 Å². The van der Waals surface area contributed by atoms with E-state index >= 15 is 0 Å². The number of allylic oxidation sites excluding steroid dienone is 4. The van der Waals surface area contributed by atoms with Crippen molar-refractivity contribution in [3.05, 3.63) is 82.5 Å². The van der Waals surface area contributed by atoms with Crippen LogP contribution in [0.1, 0.15) is 94.5 Å². The average Bonchev–Trinajstić information content (AvgIpc) is 3.01. The molecule has 0 radical (unpaired) electrons. The Morgan fingerprint density at radius 3 is 2.54 bits per heavy atom. The lowest BCUT2D eigenvalue weighted by Gasteiger charge is -2.33. The molecule has 1 fully saturated rings. The van der Waals surface area contributed by atoms with Gasteiger partial charge in [-0.15, -0.1) is 0 Å². The first-order valence-corrected chi connectivity index (χ1v) is 15.4. The lowest BCUT2D eigenvalue weighted by molar-refractivity contribution is -0.116. The molecule has 0 aromatic heterocycles. The summed E-state index contributed by atoms with van der Waals surface area (Å²) in [7, 11) is 3.18. The zero-order chi connectivity index (χ0) is 29.4. The van der Waals surface area contributed by atoms with Gasteiger partial charge in [0.25, 0.3) is 5.91 Å². The van der Waals surface area contributed by atoms with Crippen molar-refractivity contribution in [1.29, 1.82) is 0 Å². The van der Waals surface area contributed by atoms with Crippen molar-refractivity contribution in [3.8, 4) is 11.5 Å². The minimum atomic E-state index is -0.00250. The van der Waals surface area contributed by atoms with Crippen molar-refractivity contribution in [2.24, 2.45) is 11.8 Å². The number of rotatable bonds is 11. The van der Waals surface area contributed by atoms with Gasteiger partial charge in [0.1, 0.15) is 11.5 Å². The highest BCUT2D eigenvalue weighted by atomic mass is 16.5. The number of Topliss-reactive ketones (excluding diaryl/α,β-unsaturated/α-hetero) is 1. The molecule has 1 aliphatic heterocycles. The molecule has 2 aromatic rings. The van der Waals surface area contributed by atoms with Crippen molar-refractivity contribution >= 4 is 11.7 Å². The first-order chi connectivity index (χ1) is 19.9. The van der Waals surface area contributed by atoms with Crippen molar-refractivity contribution < 1.29 is 20.5 Å². The highest BCUT2D eigenvalue weighted by Gasteiger charge is 2.27. The summed E-state index contributed by atoms with van der Waals surface area (Å²) < 4.78 is 10.7. The SMILES string of the molecule is CC/C=C(/C(=O)CCC1CCCc2ccccc21)C(C)/C=C(/C)C1CCN(C(=O)c2ccc(OC)cc2OC)CC1.[HH]. The lowest BCUT2D eigenvalue weighted by Crippen LogP contribution is -2.38. The minimum absolute atomic E-state index is 0.